The highest BCUT2D eigenvalue weighted by molar-refractivity contribution is 14.1. The van der Waals surface area contributed by atoms with Gasteiger partial charge in [0.05, 0.1) is 16.4 Å². The largest absolute Gasteiger partial charge is 0.492 e. The van der Waals surface area contributed by atoms with Gasteiger partial charge >= 0.3 is 0 Å². The summed E-state index contributed by atoms with van der Waals surface area (Å²) in [6, 6.07) is 4.00. The Morgan fingerprint density at radius 2 is 1.88 bits per heavy atom. The average molecular weight is 456 g/mol. The Labute approximate surface area is 162 Å². The van der Waals surface area contributed by atoms with Crippen LogP contribution in [0.5, 0.6) is 17.2 Å². The third kappa shape index (κ3) is 5.35. The Bertz CT molecular complexity index is 722. The molecule has 7 heteroatoms. The fraction of sp³-hybridized carbons (Fsp3) is 0.444. The first-order valence-electron chi connectivity index (χ1n) is 8.44. The first-order valence-corrected chi connectivity index (χ1v) is 9.52. The number of nitrogens with two attached hydrogens (primary N) is 2. The van der Waals surface area contributed by atoms with Gasteiger partial charge in [-0.1, -0.05) is 33.6 Å². The second kappa shape index (κ2) is 9.07. The van der Waals surface area contributed by atoms with Gasteiger partial charge in [-0.25, -0.2) is 4.98 Å². The number of nitrogen functional groups attached to an aromatic ring is 2. The van der Waals surface area contributed by atoms with E-state index in [2.05, 4.69) is 53.3 Å². The molecule has 0 amide bonds. The number of halogens is 1. The highest BCUT2D eigenvalue weighted by Gasteiger charge is 2.16. The van der Waals surface area contributed by atoms with E-state index in [0.717, 1.165) is 33.7 Å². The van der Waals surface area contributed by atoms with Crippen LogP contribution in [0.25, 0.3) is 0 Å². The fourth-order valence-corrected chi connectivity index (χ4v) is 2.92. The van der Waals surface area contributed by atoms with E-state index in [4.69, 9.17) is 20.9 Å². The highest BCUT2D eigenvalue weighted by Crippen LogP contribution is 2.37. The molecular weight excluding hydrogens is 431 g/mol. The van der Waals surface area contributed by atoms with Crippen LogP contribution in [-0.2, 0) is 0 Å². The molecule has 1 aromatic heterocycles. The molecule has 0 atom stereocenters. The topological polar surface area (TPSA) is 96.3 Å². The lowest BCUT2D eigenvalue weighted by Gasteiger charge is -2.18. The summed E-state index contributed by atoms with van der Waals surface area (Å²) in [5.74, 6) is 2.61. The minimum atomic E-state index is 0.124. The fourth-order valence-electron chi connectivity index (χ4n) is 2.33. The lowest BCUT2D eigenvalue weighted by molar-refractivity contribution is 0.303. The maximum Gasteiger partial charge on any atom is 0.222 e. The molecule has 0 spiro atoms. The third-order valence-electron chi connectivity index (χ3n) is 3.71. The minimum Gasteiger partial charge on any atom is -0.492 e. The van der Waals surface area contributed by atoms with Gasteiger partial charge in [-0.2, -0.15) is 4.98 Å². The van der Waals surface area contributed by atoms with Crippen LogP contribution < -0.4 is 20.9 Å². The molecule has 2 rings (SSSR count). The van der Waals surface area contributed by atoms with E-state index in [9.17, 15) is 0 Å². The number of unbranched alkanes of at least 4 members (excludes halogenated alkanes) is 2. The van der Waals surface area contributed by atoms with Crippen LogP contribution in [0.3, 0.4) is 0 Å². The number of aromatic nitrogens is 2. The second-order valence-corrected chi connectivity index (χ2v) is 7.27. The molecule has 136 valence electrons. The van der Waals surface area contributed by atoms with E-state index in [1.807, 2.05) is 12.1 Å². The Morgan fingerprint density at radius 1 is 1.12 bits per heavy atom. The average Bonchev–Trinajstić information content (AvgIpc) is 2.55. The van der Waals surface area contributed by atoms with Gasteiger partial charge in [-0.05, 0) is 47.1 Å². The van der Waals surface area contributed by atoms with E-state index in [-0.39, 0.29) is 17.7 Å². The quantitative estimate of drug-likeness (QED) is 0.441. The Balaban J connectivity index is 2.26. The first-order chi connectivity index (χ1) is 11.9. The third-order valence-corrected chi connectivity index (χ3v) is 4.56. The normalized spacial score (nSPS) is 10.9. The monoisotopic (exact) mass is 456 g/mol. The number of nitrogens with zero attached hydrogens (tertiary/aromatic N) is 2. The molecule has 1 aromatic carbocycles. The summed E-state index contributed by atoms with van der Waals surface area (Å²) in [5.41, 5.74) is 12.5. The minimum absolute atomic E-state index is 0.124. The zero-order valence-electron chi connectivity index (χ0n) is 14.9. The predicted octanol–water partition coefficient (Wildman–Crippen LogP) is 4.73. The Morgan fingerprint density at radius 3 is 2.52 bits per heavy atom. The summed E-state index contributed by atoms with van der Waals surface area (Å²) in [7, 11) is 0. The van der Waals surface area contributed by atoms with E-state index in [0.29, 0.717) is 5.75 Å². The van der Waals surface area contributed by atoms with Crippen LogP contribution in [0.15, 0.2) is 18.3 Å². The van der Waals surface area contributed by atoms with Gasteiger partial charge in [0.25, 0.3) is 0 Å². The summed E-state index contributed by atoms with van der Waals surface area (Å²) in [6.45, 7) is 7.12. The van der Waals surface area contributed by atoms with Gasteiger partial charge < -0.3 is 20.9 Å². The zero-order chi connectivity index (χ0) is 18.4. The van der Waals surface area contributed by atoms with E-state index in [1.54, 1.807) is 0 Å². The summed E-state index contributed by atoms with van der Waals surface area (Å²) in [4.78, 5) is 7.88. The molecule has 0 fully saturated rings. The lowest BCUT2D eigenvalue weighted by atomic mass is 10.0. The van der Waals surface area contributed by atoms with Crippen LogP contribution in [0, 0.1) is 3.57 Å². The number of ether oxygens (including phenoxy) is 2. The number of anilines is 2. The molecule has 0 aliphatic rings. The molecule has 0 aliphatic heterocycles. The van der Waals surface area contributed by atoms with Crippen LogP contribution in [0.2, 0.25) is 0 Å². The molecule has 6 nitrogen and oxygen atoms in total. The van der Waals surface area contributed by atoms with Gasteiger partial charge in [-0.3, -0.25) is 0 Å². The maximum atomic E-state index is 5.97. The molecule has 0 aliphatic carbocycles. The number of rotatable bonds is 8. The number of hydrogen-bond acceptors (Lipinski definition) is 6. The molecule has 0 saturated carbocycles. The van der Waals surface area contributed by atoms with Crippen molar-refractivity contribution in [3.8, 4) is 17.2 Å². The van der Waals surface area contributed by atoms with Crippen molar-refractivity contribution in [2.75, 3.05) is 18.1 Å². The van der Waals surface area contributed by atoms with Crippen molar-refractivity contribution < 1.29 is 9.47 Å². The van der Waals surface area contributed by atoms with E-state index in [1.165, 1.54) is 19.0 Å². The van der Waals surface area contributed by atoms with Gasteiger partial charge in [0, 0.05) is 5.56 Å². The smallest absolute Gasteiger partial charge is 0.222 e. The lowest BCUT2D eigenvalue weighted by Crippen LogP contribution is -2.04. The summed E-state index contributed by atoms with van der Waals surface area (Å²) in [5, 5.41) is 0. The van der Waals surface area contributed by atoms with Crippen molar-refractivity contribution in [2.45, 2.75) is 46.0 Å². The molecule has 4 N–H and O–H groups in total. The summed E-state index contributed by atoms with van der Waals surface area (Å²) >= 11 is 2.26. The van der Waals surface area contributed by atoms with Crippen molar-refractivity contribution in [1.29, 1.82) is 0 Å². The number of hydrogen-bond donors (Lipinski definition) is 2. The first kappa shape index (κ1) is 19.6. The maximum absolute atomic E-state index is 5.97. The molecule has 25 heavy (non-hydrogen) atoms. The Hall–Kier alpha value is -1.77. The molecule has 0 saturated heterocycles. The summed E-state index contributed by atoms with van der Waals surface area (Å²) in [6.07, 6.45) is 4.89. The molecule has 2 aromatic rings. The molecule has 0 unspecified atom stereocenters. The highest BCUT2D eigenvalue weighted by atomic mass is 127. The summed E-state index contributed by atoms with van der Waals surface area (Å²) < 4.78 is 12.9. The van der Waals surface area contributed by atoms with Crippen LogP contribution in [-0.4, -0.2) is 16.6 Å². The van der Waals surface area contributed by atoms with Gasteiger partial charge in [0.2, 0.25) is 5.95 Å². The van der Waals surface area contributed by atoms with Crippen LogP contribution in [0.4, 0.5) is 11.8 Å². The van der Waals surface area contributed by atoms with Gasteiger partial charge in [0.1, 0.15) is 11.5 Å². The number of benzene rings is 1. The second-order valence-electron chi connectivity index (χ2n) is 6.11. The van der Waals surface area contributed by atoms with E-state index >= 15 is 0 Å². The van der Waals surface area contributed by atoms with Crippen molar-refractivity contribution in [1.82, 2.24) is 9.97 Å². The van der Waals surface area contributed by atoms with E-state index < -0.39 is 0 Å². The van der Waals surface area contributed by atoms with Gasteiger partial charge in [0.15, 0.2) is 11.6 Å². The molecule has 0 bridgehead atoms. The zero-order valence-corrected chi connectivity index (χ0v) is 17.0. The SMILES string of the molecule is CCCCCOc1cc(C(C)C)c(Oc2cnc(N)nc2N)cc1I. The van der Waals surface area contributed by atoms with Crippen molar-refractivity contribution in [3.63, 3.8) is 0 Å². The molecule has 1 heterocycles. The van der Waals surface area contributed by atoms with Crippen LogP contribution in [0.1, 0.15) is 51.5 Å². The van der Waals surface area contributed by atoms with Crippen molar-refractivity contribution in [3.05, 3.63) is 27.5 Å². The van der Waals surface area contributed by atoms with Gasteiger partial charge in [-0.15, -0.1) is 0 Å². The standard InChI is InChI=1S/C18H25IN4O2/c1-4-5-6-7-24-15-8-12(11(2)3)14(9-13(15)19)25-16-10-22-18(21)23-17(16)20/h8-11H,4-7H2,1-3H3,(H4,20,21,22,23). The predicted molar refractivity (Wildman–Crippen MR) is 109 cm³/mol. The Kier molecular flexibility index (Phi) is 7.10. The van der Waals surface area contributed by atoms with Crippen molar-refractivity contribution in [2.24, 2.45) is 0 Å². The van der Waals surface area contributed by atoms with Crippen molar-refractivity contribution >= 4 is 34.4 Å². The van der Waals surface area contributed by atoms with Crippen LogP contribution >= 0.6 is 22.6 Å². The molecule has 0 radical (unpaired) electrons. The molecular formula is C18H25IN4O2.